The first-order valence-corrected chi connectivity index (χ1v) is 6.79. The van der Waals surface area contributed by atoms with E-state index in [0.29, 0.717) is 23.1 Å². The summed E-state index contributed by atoms with van der Waals surface area (Å²) in [4.78, 5) is 11.5. The van der Waals surface area contributed by atoms with Gasteiger partial charge in [-0.2, -0.15) is 0 Å². The topological polar surface area (TPSA) is 52.6 Å². The van der Waals surface area contributed by atoms with E-state index in [4.69, 9.17) is 4.74 Å². The molecule has 1 aliphatic heterocycles. The second-order valence-corrected chi connectivity index (χ2v) is 4.71. The van der Waals surface area contributed by atoms with Gasteiger partial charge in [-0.15, -0.1) is 0 Å². The van der Waals surface area contributed by atoms with Crippen LogP contribution in [-0.2, 0) is 15.0 Å². The van der Waals surface area contributed by atoms with E-state index in [-0.39, 0.29) is 6.10 Å². The fraction of sp³-hybridized carbons (Fsp3) is 0.364. The Labute approximate surface area is 99.3 Å². The molecule has 5 heteroatoms. The van der Waals surface area contributed by atoms with Crippen LogP contribution in [0.2, 0.25) is 5.32 Å². The van der Waals surface area contributed by atoms with Gasteiger partial charge in [-0.1, -0.05) is 0 Å². The first-order chi connectivity index (χ1) is 7.76. The van der Waals surface area contributed by atoms with Crippen LogP contribution in [0.15, 0.2) is 18.2 Å². The summed E-state index contributed by atoms with van der Waals surface area (Å²) in [6, 6.07) is 5.40. The van der Waals surface area contributed by atoms with Crippen molar-refractivity contribution in [2.75, 3.05) is 7.11 Å². The van der Waals surface area contributed by atoms with Gasteiger partial charge in [-0.3, -0.25) is 0 Å². The summed E-state index contributed by atoms with van der Waals surface area (Å²) in [6.45, 7) is 0. The molecule has 85 valence electrons. The molecule has 1 aliphatic rings. The number of rotatable bonds is 3. The van der Waals surface area contributed by atoms with Gasteiger partial charge >= 0.3 is 99.0 Å². The Kier molecular flexibility index (Phi) is 3.36. The molecule has 1 radical (unpaired) electrons. The van der Waals surface area contributed by atoms with Crippen LogP contribution in [0.5, 0.6) is 5.75 Å². The fourth-order valence-electron chi connectivity index (χ4n) is 1.78. The normalized spacial score (nSPS) is 17.4. The Morgan fingerprint density at radius 1 is 1.62 bits per heavy atom. The van der Waals surface area contributed by atoms with Gasteiger partial charge in [-0.25, -0.2) is 0 Å². The summed E-state index contributed by atoms with van der Waals surface area (Å²) in [5.41, 5.74) is 1.43. The minimum absolute atomic E-state index is 0.0710. The predicted molar refractivity (Wildman–Crippen MR) is 57.1 cm³/mol. The number of esters is 1. The van der Waals surface area contributed by atoms with E-state index < -0.39 is 20.9 Å². The molecule has 1 unspecified atom stereocenters. The van der Waals surface area contributed by atoms with Crippen molar-refractivity contribution in [1.82, 2.24) is 0 Å². The number of hydrogen-bond acceptors (Lipinski definition) is 4. The number of carbonyl (C=O) groups excluding carboxylic acids is 1. The van der Waals surface area contributed by atoms with Crippen molar-refractivity contribution in [3.63, 3.8) is 0 Å². The van der Waals surface area contributed by atoms with Gasteiger partial charge in [0.05, 0.1) is 0 Å². The van der Waals surface area contributed by atoms with Gasteiger partial charge in [-0.05, 0) is 0 Å². The summed E-state index contributed by atoms with van der Waals surface area (Å²) in [5.74, 6) is 0.189. The Balaban J connectivity index is 2.30. The van der Waals surface area contributed by atoms with Crippen molar-refractivity contribution >= 4 is 20.9 Å². The van der Waals surface area contributed by atoms with Crippen molar-refractivity contribution in [3.8, 4) is 5.75 Å². The molecule has 0 spiro atoms. The molecular weight excluding hydrogens is 275 g/mol. The number of hydrogen-bond donors (Lipinski definition) is 0. The molecule has 0 fully saturated rings. The molecule has 16 heavy (non-hydrogen) atoms. The number of ether oxygens (including phenoxy) is 2. The van der Waals surface area contributed by atoms with Gasteiger partial charge in [0.15, 0.2) is 0 Å². The van der Waals surface area contributed by atoms with Gasteiger partial charge in [0.1, 0.15) is 0 Å². The third-order valence-corrected chi connectivity index (χ3v) is 3.55. The first-order valence-electron chi connectivity index (χ1n) is 4.88. The summed E-state index contributed by atoms with van der Waals surface area (Å²) in [5, 5.41) is 0.530. The number of methoxy groups -OCH3 is 1. The van der Waals surface area contributed by atoms with E-state index in [2.05, 4.69) is 4.74 Å². The Morgan fingerprint density at radius 3 is 3.12 bits per heavy atom. The van der Waals surface area contributed by atoms with Gasteiger partial charge in [0.25, 0.3) is 0 Å². The van der Waals surface area contributed by atoms with Crippen LogP contribution >= 0.6 is 0 Å². The molecule has 1 heterocycles. The quantitative estimate of drug-likeness (QED) is 0.620. The van der Waals surface area contributed by atoms with E-state index in [1.54, 1.807) is 12.1 Å². The van der Waals surface area contributed by atoms with Crippen LogP contribution in [0.25, 0.3) is 0 Å². The zero-order valence-electron chi connectivity index (χ0n) is 8.76. The first kappa shape index (κ1) is 11.3. The Hall–Kier alpha value is -1.19. The molecule has 1 aromatic rings. The van der Waals surface area contributed by atoms with Crippen molar-refractivity contribution in [3.05, 3.63) is 29.3 Å². The van der Waals surface area contributed by atoms with Crippen LogP contribution in [0.3, 0.4) is 0 Å². The Morgan fingerprint density at radius 2 is 2.44 bits per heavy atom. The molecule has 0 saturated carbocycles. The van der Waals surface area contributed by atoms with Crippen LogP contribution in [0, 0.1) is 0 Å². The molecule has 1 aromatic carbocycles. The molecule has 0 aromatic heterocycles. The number of benzene rings is 1. The molecule has 2 rings (SSSR count). The van der Waals surface area contributed by atoms with Crippen molar-refractivity contribution in [2.24, 2.45) is 0 Å². The monoisotopic (exact) mass is 287 g/mol. The maximum absolute atomic E-state index is 11.5. The second kappa shape index (κ2) is 4.76. The fourth-order valence-corrected chi connectivity index (χ4v) is 2.49. The molecule has 0 saturated heterocycles. The van der Waals surface area contributed by atoms with E-state index in [1.165, 1.54) is 7.11 Å². The third kappa shape index (κ3) is 2.01. The molecule has 0 amide bonds. The molecule has 0 aliphatic carbocycles. The number of para-hydroxylation sites is 1. The van der Waals surface area contributed by atoms with Crippen LogP contribution < -0.4 is 4.74 Å². The SMILES string of the molecule is COC(=O)c1cccc2c1OC(C[Se]=O)C2. The van der Waals surface area contributed by atoms with Gasteiger partial charge in [0, 0.05) is 0 Å². The van der Waals surface area contributed by atoms with E-state index in [0.717, 1.165) is 5.56 Å². The summed E-state index contributed by atoms with van der Waals surface area (Å²) in [7, 11) is 1.34. The standard InChI is InChI=1S/C11H11O4Se/c1-14-11(12)9-4-2-3-7-5-8(6-16-13)15-10(7)9/h2-4,8H,5-6H2,1H3. The molecular formula is C11H11O4Se. The van der Waals surface area contributed by atoms with Crippen LogP contribution in [0.1, 0.15) is 15.9 Å². The van der Waals surface area contributed by atoms with E-state index in [1.807, 2.05) is 6.07 Å². The number of carbonyl (C=O) groups is 1. The van der Waals surface area contributed by atoms with E-state index in [9.17, 15) is 8.63 Å². The average Bonchev–Trinajstić information content (AvgIpc) is 2.70. The van der Waals surface area contributed by atoms with Gasteiger partial charge < -0.3 is 0 Å². The summed E-state index contributed by atoms with van der Waals surface area (Å²) in [6.07, 6.45) is 0.641. The average molecular weight is 286 g/mol. The van der Waals surface area contributed by atoms with Crippen molar-refractivity contribution in [1.29, 1.82) is 0 Å². The molecule has 4 nitrogen and oxygen atoms in total. The Bertz CT molecular complexity index is 430. The minimum atomic E-state index is -0.655. The number of fused-ring (bicyclic) bond motifs is 1. The van der Waals surface area contributed by atoms with Crippen LogP contribution in [0.4, 0.5) is 0 Å². The molecule has 0 bridgehead atoms. The third-order valence-electron chi connectivity index (χ3n) is 2.49. The van der Waals surface area contributed by atoms with Gasteiger partial charge in [0.2, 0.25) is 0 Å². The molecule has 0 N–H and O–H groups in total. The second-order valence-electron chi connectivity index (χ2n) is 3.51. The van der Waals surface area contributed by atoms with Crippen molar-refractivity contribution < 1.29 is 18.1 Å². The van der Waals surface area contributed by atoms with E-state index >= 15 is 0 Å². The predicted octanol–water partition coefficient (Wildman–Crippen LogP) is 1.24. The van der Waals surface area contributed by atoms with Crippen LogP contribution in [-0.4, -0.2) is 34.1 Å². The summed E-state index contributed by atoms with van der Waals surface area (Å²) < 4.78 is 20.9. The zero-order chi connectivity index (χ0) is 11.5. The van der Waals surface area contributed by atoms with Crippen molar-refractivity contribution in [2.45, 2.75) is 17.8 Å². The zero-order valence-corrected chi connectivity index (χ0v) is 10.5. The maximum atomic E-state index is 11.5. The molecule has 1 atom stereocenters. The summed E-state index contributed by atoms with van der Waals surface area (Å²) >= 11 is -0.655.